The van der Waals surface area contributed by atoms with Crippen LogP contribution in [0.5, 0.6) is 0 Å². The average molecular weight is 174 g/mol. The molecule has 0 aliphatic heterocycles. The van der Waals surface area contributed by atoms with Crippen molar-refractivity contribution in [1.82, 2.24) is 5.32 Å². The van der Waals surface area contributed by atoms with Gasteiger partial charge in [0, 0.05) is 0 Å². The van der Waals surface area contributed by atoms with Gasteiger partial charge in [0.05, 0.1) is 12.6 Å². The fraction of sp³-hybridized carbons (Fsp3) is 0.714. The maximum atomic E-state index is 10.8. The van der Waals surface area contributed by atoms with Crippen LogP contribution in [0.3, 0.4) is 0 Å². The summed E-state index contributed by atoms with van der Waals surface area (Å²) in [6.45, 7) is 3.47. The minimum atomic E-state index is -0.562. The molecule has 0 aromatic heterocycles. The van der Waals surface area contributed by atoms with Crippen molar-refractivity contribution in [2.24, 2.45) is 5.73 Å². The molecule has 3 N–H and O–H groups in total. The number of amides is 2. The third kappa shape index (κ3) is 7.01. The highest BCUT2D eigenvalue weighted by Crippen LogP contribution is 1.85. The van der Waals surface area contributed by atoms with Gasteiger partial charge in [-0.3, -0.25) is 9.59 Å². The molecule has 5 nitrogen and oxygen atoms in total. The minimum Gasteiger partial charge on any atom is -0.369 e. The predicted octanol–water partition coefficient (Wildman–Crippen LogP) is -0.987. The highest BCUT2D eigenvalue weighted by Gasteiger charge is 2.03. The molecule has 0 unspecified atom stereocenters. The van der Waals surface area contributed by atoms with Crippen molar-refractivity contribution in [3.05, 3.63) is 0 Å². The average Bonchev–Trinajstić information content (AvgIpc) is 1.96. The molecule has 0 aliphatic carbocycles. The molecule has 2 amide bonds. The molecule has 0 saturated heterocycles. The smallest absolute Gasteiger partial charge is 0.246 e. The van der Waals surface area contributed by atoms with Crippen LogP contribution in [0.15, 0.2) is 0 Å². The van der Waals surface area contributed by atoms with Gasteiger partial charge in [0.1, 0.15) is 6.61 Å². The summed E-state index contributed by atoms with van der Waals surface area (Å²) in [7, 11) is 0. The van der Waals surface area contributed by atoms with E-state index in [2.05, 4.69) is 5.32 Å². The molecule has 0 aromatic rings. The van der Waals surface area contributed by atoms with Crippen molar-refractivity contribution in [3.8, 4) is 0 Å². The summed E-state index contributed by atoms with van der Waals surface area (Å²) in [4.78, 5) is 21.0. The van der Waals surface area contributed by atoms with E-state index in [1.165, 1.54) is 0 Å². The van der Waals surface area contributed by atoms with Crippen molar-refractivity contribution >= 4 is 11.8 Å². The van der Waals surface area contributed by atoms with Crippen molar-refractivity contribution in [2.45, 2.75) is 20.0 Å². The number of nitrogens with two attached hydrogens (primary N) is 1. The molecule has 5 heteroatoms. The summed E-state index contributed by atoms with van der Waals surface area (Å²) in [5, 5.41) is 2.30. The molecule has 0 aromatic carbocycles. The van der Waals surface area contributed by atoms with Gasteiger partial charge < -0.3 is 15.8 Å². The summed E-state index contributed by atoms with van der Waals surface area (Å²) in [6, 6.07) is 0. The quantitative estimate of drug-likeness (QED) is 0.561. The molecular formula is C7H14N2O3. The first-order valence-electron chi connectivity index (χ1n) is 3.69. The van der Waals surface area contributed by atoms with Crippen LogP contribution < -0.4 is 11.1 Å². The normalized spacial score (nSPS) is 9.92. The van der Waals surface area contributed by atoms with Crippen molar-refractivity contribution in [2.75, 3.05) is 13.2 Å². The molecule has 0 bridgehead atoms. The van der Waals surface area contributed by atoms with E-state index in [9.17, 15) is 9.59 Å². The van der Waals surface area contributed by atoms with E-state index < -0.39 is 5.91 Å². The second kappa shape index (κ2) is 5.54. The first-order chi connectivity index (χ1) is 5.52. The van der Waals surface area contributed by atoms with Crippen molar-refractivity contribution in [3.63, 3.8) is 0 Å². The molecule has 0 atom stereocenters. The highest BCUT2D eigenvalue weighted by molar-refractivity contribution is 5.84. The summed E-state index contributed by atoms with van der Waals surface area (Å²) >= 11 is 0. The maximum absolute atomic E-state index is 10.8. The van der Waals surface area contributed by atoms with Gasteiger partial charge in [-0.2, -0.15) is 0 Å². The molecule has 0 saturated carbocycles. The molecule has 0 aliphatic rings. The number of primary amides is 1. The maximum Gasteiger partial charge on any atom is 0.246 e. The second-order valence-corrected chi connectivity index (χ2v) is 2.60. The number of carbonyl (C=O) groups is 2. The van der Waals surface area contributed by atoms with E-state index in [0.717, 1.165) is 0 Å². The van der Waals surface area contributed by atoms with Gasteiger partial charge in [-0.1, -0.05) is 0 Å². The monoisotopic (exact) mass is 174 g/mol. The first kappa shape index (κ1) is 10.9. The fourth-order valence-electron chi connectivity index (χ4n) is 0.479. The van der Waals surface area contributed by atoms with Gasteiger partial charge in [0.25, 0.3) is 0 Å². The Labute approximate surface area is 71.3 Å². The number of nitrogens with one attached hydrogen (secondary N) is 1. The Hall–Kier alpha value is -1.10. The van der Waals surface area contributed by atoms with E-state index in [1.807, 2.05) is 13.8 Å². The van der Waals surface area contributed by atoms with Crippen LogP contribution in [0, 0.1) is 0 Å². The SMILES string of the molecule is CC(C)OCC(=O)NCC(N)=O. The highest BCUT2D eigenvalue weighted by atomic mass is 16.5. The van der Waals surface area contributed by atoms with E-state index in [-0.39, 0.29) is 25.2 Å². The van der Waals surface area contributed by atoms with Gasteiger partial charge in [-0.05, 0) is 13.8 Å². The van der Waals surface area contributed by atoms with Gasteiger partial charge in [0.2, 0.25) is 11.8 Å². The molecule has 0 rings (SSSR count). The van der Waals surface area contributed by atoms with Crippen molar-refractivity contribution < 1.29 is 14.3 Å². The topological polar surface area (TPSA) is 81.4 Å². The van der Waals surface area contributed by atoms with Crippen LogP contribution >= 0.6 is 0 Å². The van der Waals surface area contributed by atoms with Crippen LogP contribution in [0.2, 0.25) is 0 Å². The number of hydrogen-bond donors (Lipinski definition) is 2. The van der Waals surface area contributed by atoms with Crippen LogP contribution in [0.1, 0.15) is 13.8 Å². The Kier molecular flexibility index (Phi) is 5.03. The Bertz CT molecular complexity index is 168. The molecule has 0 spiro atoms. The predicted molar refractivity (Wildman–Crippen MR) is 43.3 cm³/mol. The summed E-state index contributed by atoms with van der Waals surface area (Å²) < 4.78 is 4.97. The zero-order chi connectivity index (χ0) is 9.56. The Morgan fingerprint density at radius 2 is 2.08 bits per heavy atom. The van der Waals surface area contributed by atoms with E-state index in [4.69, 9.17) is 10.5 Å². The third-order valence-electron chi connectivity index (χ3n) is 1.01. The summed E-state index contributed by atoms with van der Waals surface area (Å²) in [5.74, 6) is -0.893. The fourth-order valence-corrected chi connectivity index (χ4v) is 0.479. The van der Waals surface area contributed by atoms with Crippen LogP contribution in [0.4, 0.5) is 0 Å². The van der Waals surface area contributed by atoms with Gasteiger partial charge in [-0.25, -0.2) is 0 Å². The summed E-state index contributed by atoms with van der Waals surface area (Å²) in [5.41, 5.74) is 4.80. The largest absolute Gasteiger partial charge is 0.369 e. The number of rotatable bonds is 5. The Morgan fingerprint density at radius 1 is 1.50 bits per heavy atom. The summed E-state index contributed by atoms with van der Waals surface area (Å²) in [6.07, 6.45) is 0.00401. The second-order valence-electron chi connectivity index (χ2n) is 2.60. The van der Waals surface area contributed by atoms with Crippen LogP contribution in [-0.2, 0) is 14.3 Å². The van der Waals surface area contributed by atoms with Crippen LogP contribution in [0.25, 0.3) is 0 Å². The standard InChI is InChI=1S/C7H14N2O3/c1-5(2)12-4-7(11)9-3-6(8)10/h5H,3-4H2,1-2H3,(H2,8,10)(H,9,11). The molecule has 0 heterocycles. The lowest BCUT2D eigenvalue weighted by molar-refractivity contribution is -0.129. The zero-order valence-electron chi connectivity index (χ0n) is 7.29. The third-order valence-corrected chi connectivity index (χ3v) is 1.01. The van der Waals surface area contributed by atoms with Gasteiger partial charge in [0.15, 0.2) is 0 Å². The molecule has 70 valence electrons. The molecular weight excluding hydrogens is 160 g/mol. The first-order valence-corrected chi connectivity index (χ1v) is 3.69. The lowest BCUT2D eigenvalue weighted by Gasteiger charge is -2.06. The van der Waals surface area contributed by atoms with E-state index in [0.29, 0.717) is 0 Å². The molecule has 0 fully saturated rings. The van der Waals surface area contributed by atoms with Gasteiger partial charge >= 0.3 is 0 Å². The molecule has 0 radical (unpaired) electrons. The number of carbonyl (C=O) groups excluding carboxylic acids is 2. The van der Waals surface area contributed by atoms with Gasteiger partial charge in [-0.15, -0.1) is 0 Å². The van der Waals surface area contributed by atoms with Crippen molar-refractivity contribution in [1.29, 1.82) is 0 Å². The lowest BCUT2D eigenvalue weighted by atomic mass is 10.5. The molecule has 12 heavy (non-hydrogen) atoms. The Balaban J connectivity index is 3.40. The Morgan fingerprint density at radius 3 is 2.50 bits per heavy atom. The minimum absolute atomic E-state index is 0.00401. The number of ether oxygens (including phenoxy) is 1. The van der Waals surface area contributed by atoms with E-state index in [1.54, 1.807) is 0 Å². The zero-order valence-corrected chi connectivity index (χ0v) is 7.29. The van der Waals surface area contributed by atoms with Crippen LogP contribution in [-0.4, -0.2) is 31.1 Å². The number of hydrogen-bond acceptors (Lipinski definition) is 3. The lowest BCUT2D eigenvalue weighted by Crippen LogP contribution is -2.35. The van der Waals surface area contributed by atoms with E-state index >= 15 is 0 Å².